The maximum absolute atomic E-state index is 12.9. The standard InChI is InChI=1S/C22H19N7O3/c1-12-8-13(2)25-22(24-12)29-17(9-14(3)27-29)26-18(30)10-28-11-23-19-15-6-4-5-7-16(15)32-20(19)21(28)31/h4-9,11H,10H2,1-3H3,(H,26,30). The number of aromatic nitrogens is 6. The van der Waals surface area contributed by atoms with E-state index < -0.39 is 11.5 Å². The van der Waals surface area contributed by atoms with Gasteiger partial charge in [0, 0.05) is 22.8 Å². The number of nitrogens with zero attached hydrogens (tertiary/aromatic N) is 6. The minimum Gasteiger partial charge on any atom is -0.448 e. The molecule has 0 aliphatic heterocycles. The molecule has 1 N–H and O–H groups in total. The van der Waals surface area contributed by atoms with Crippen molar-refractivity contribution in [3.05, 3.63) is 70.2 Å². The van der Waals surface area contributed by atoms with Crippen LogP contribution in [0.2, 0.25) is 0 Å². The molecule has 1 aromatic carbocycles. The fourth-order valence-corrected chi connectivity index (χ4v) is 3.61. The maximum Gasteiger partial charge on any atom is 0.297 e. The van der Waals surface area contributed by atoms with E-state index in [4.69, 9.17) is 4.42 Å². The first-order chi connectivity index (χ1) is 15.4. The van der Waals surface area contributed by atoms with Crippen molar-refractivity contribution in [1.29, 1.82) is 0 Å². The Labute approximate surface area is 181 Å². The lowest BCUT2D eigenvalue weighted by Gasteiger charge is -2.09. The zero-order chi connectivity index (χ0) is 22.4. The lowest BCUT2D eigenvalue weighted by molar-refractivity contribution is -0.116. The molecule has 0 saturated heterocycles. The van der Waals surface area contributed by atoms with Gasteiger partial charge in [0.05, 0.1) is 12.0 Å². The van der Waals surface area contributed by atoms with Gasteiger partial charge in [-0.05, 0) is 39.0 Å². The van der Waals surface area contributed by atoms with E-state index >= 15 is 0 Å². The summed E-state index contributed by atoms with van der Waals surface area (Å²) in [6, 6.07) is 10.8. The van der Waals surface area contributed by atoms with Gasteiger partial charge >= 0.3 is 0 Å². The number of rotatable bonds is 4. The first-order valence-corrected chi connectivity index (χ1v) is 9.95. The van der Waals surface area contributed by atoms with Gasteiger partial charge in [0.1, 0.15) is 23.5 Å². The van der Waals surface area contributed by atoms with Crippen LogP contribution in [0.3, 0.4) is 0 Å². The number of amides is 1. The number of benzene rings is 1. The Hall–Kier alpha value is -4.34. The van der Waals surface area contributed by atoms with Gasteiger partial charge in [-0.15, -0.1) is 0 Å². The van der Waals surface area contributed by atoms with Gasteiger partial charge in [0.25, 0.3) is 11.5 Å². The van der Waals surface area contributed by atoms with Crippen molar-refractivity contribution in [3.63, 3.8) is 0 Å². The second-order valence-electron chi connectivity index (χ2n) is 7.54. The molecule has 0 unspecified atom stereocenters. The molecule has 10 nitrogen and oxygen atoms in total. The molecule has 5 rings (SSSR count). The highest BCUT2D eigenvalue weighted by molar-refractivity contribution is 6.01. The Morgan fingerprint density at radius 1 is 1.06 bits per heavy atom. The van der Waals surface area contributed by atoms with Gasteiger partial charge < -0.3 is 9.73 Å². The predicted octanol–water partition coefficient (Wildman–Crippen LogP) is 2.68. The molecule has 0 atom stereocenters. The summed E-state index contributed by atoms with van der Waals surface area (Å²) in [6.07, 6.45) is 1.35. The fourth-order valence-electron chi connectivity index (χ4n) is 3.61. The lowest BCUT2D eigenvalue weighted by atomic mass is 10.2. The van der Waals surface area contributed by atoms with Crippen LogP contribution in [0.1, 0.15) is 17.1 Å². The summed E-state index contributed by atoms with van der Waals surface area (Å²) in [5.41, 5.74) is 3.00. The van der Waals surface area contributed by atoms with Crippen molar-refractivity contribution in [3.8, 4) is 5.95 Å². The third-order valence-corrected chi connectivity index (χ3v) is 4.92. The molecular formula is C22H19N7O3. The number of nitrogens with one attached hydrogen (secondary N) is 1. The topological polar surface area (TPSA) is 121 Å². The number of fused-ring (bicyclic) bond motifs is 3. The van der Waals surface area contributed by atoms with Crippen LogP contribution in [0.25, 0.3) is 28.0 Å². The van der Waals surface area contributed by atoms with Crippen LogP contribution < -0.4 is 10.9 Å². The zero-order valence-electron chi connectivity index (χ0n) is 17.7. The van der Waals surface area contributed by atoms with E-state index in [-0.39, 0.29) is 12.1 Å². The number of carbonyl (C=O) groups excluding carboxylic acids is 1. The molecule has 0 aliphatic carbocycles. The van der Waals surface area contributed by atoms with Gasteiger partial charge in [-0.25, -0.2) is 15.0 Å². The third kappa shape index (κ3) is 3.41. The molecule has 0 saturated carbocycles. The molecule has 0 radical (unpaired) electrons. The number of anilines is 1. The monoisotopic (exact) mass is 429 g/mol. The highest BCUT2D eigenvalue weighted by Crippen LogP contribution is 2.24. The quantitative estimate of drug-likeness (QED) is 0.466. The molecule has 0 aliphatic rings. The minimum atomic E-state index is -0.427. The third-order valence-electron chi connectivity index (χ3n) is 4.92. The second kappa shape index (κ2) is 7.41. The number of aryl methyl sites for hydroxylation is 3. The van der Waals surface area contributed by atoms with Gasteiger partial charge in [-0.2, -0.15) is 9.78 Å². The Bertz CT molecular complexity index is 1540. The highest BCUT2D eigenvalue weighted by Gasteiger charge is 2.17. The molecule has 32 heavy (non-hydrogen) atoms. The van der Waals surface area contributed by atoms with Crippen LogP contribution in [0, 0.1) is 20.8 Å². The van der Waals surface area contributed by atoms with Crippen LogP contribution in [0.4, 0.5) is 5.82 Å². The van der Waals surface area contributed by atoms with Crippen molar-refractivity contribution in [2.75, 3.05) is 5.32 Å². The summed E-state index contributed by atoms with van der Waals surface area (Å²) < 4.78 is 8.35. The first kappa shape index (κ1) is 19.6. The summed E-state index contributed by atoms with van der Waals surface area (Å²) in [5, 5.41) is 7.92. The first-order valence-electron chi connectivity index (χ1n) is 9.95. The molecule has 5 aromatic rings. The zero-order valence-corrected chi connectivity index (χ0v) is 17.7. The molecule has 0 spiro atoms. The van der Waals surface area contributed by atoms with Crippen molar-refractivity contribution in [2.45, 2.75) is 27.3 Å². The van der Waals surface area contributed by atoms with Gasteiger partial charge in [0.2, 0.25) is 11.5 Å². The number of hydrogen-bond donors (Lipinski definition) is 1. The molecule has 1 amide bonds. The number of para-hydroxylation sites is 1. The van der Waals surface area contributed by atoms with Gasteiger partial charge in [0.15, 0.2) is 0 Å². The largest absolute Gasteiger partial charge is 0.448 e. The van der Waals surface area contributed by atoms with Gasteiger partial charge in [-0.1, -0.05) is 12.1 Å². The molecule has 4 heterocycles. The second-order valence-corrected chi connectivity index (χ2v) is 7.54. The fraction of sp³-hybridized carbons (Fsp3) is 0.182. The van der Waals surface area contributed by atoms with Crippen LogP contribution in [0.15, 0.2) is 51.9 Å². The van der Waals surface area contributed by atoms with E-state index in [1.807, 2.05) is 38.1 Å². The number of hydrogen-bond acceptors (Lipinski definition) is 7. The van der Waals surface area contributed by atoms with Crippen molar-refractivity contribution in [1.82, 2.24) is 29.3 Å². The Kier molecular flexibility index (Phi) is 4.54. The van der Waals surface area contributed by atoms with Crippen LogP contribution in [0.5, 0.6) is 0 Å². The summed E-state index contributed by atoms with van der Waals surface area (Å²) in [4.78, 5) is 38.8. The highest BCUT2D eigenvalue weighted by atomic mass is 16.3. The molecular weight excluding hydrogens is 410 g/mol. The summed E-state index contributed by atoms with van der Waals surface area (Å²) >= 11 is 0. The average molecular weight is 429 g/mol. The Morgan fingerprint density at radius 2 is 1.81 bits per heavy atom. The Balaban J connectivity index is 1.44. The Morgan fingerprint density at radius 3 is 2.59 bits per heavy atom. The van der Waals surface area contributed by atoms with E-state index in [1.165, 1.54) is 15.6 Å². The summed E-state index contributed by atoms with van der Waals surface area (Å²) in [5.74, 6) is 0.339. The summed E-state index contributed by atoms with van der Waals surface area (Å²) in [7, 11) is 0. The van der Waals surface area contributed by atoms with Crippen LogP contribution in [-0.2, 0) is 11.3 Å². The SMILES string of the molecule is Cc1cc(C)nc(-n2nc(C)cc2NC(=O)Cn2cnc3c(oc4ccccc43)c2=O)n1. The molecule has 0 fully saturated rings. The molecule has 4 aromatic heterocycles. The van der Waals surface area contributed by atoms with E-state index in [1.54, 1.807) is 19.1 Å². The van der Waals surface area contributed by atoms with Crippen molar-refractivity contribution < 1.29 is 9.21 Å². The number of furan rings is 1. The number of carbonyl (C=O) groups is 1. The molecule has 0 bridgehead atoms. The van der Waals surface area contributed by atoms with Crippen molar-refractivity contribution in [2.24, 2.45) is 0 Å². The van der Waals surface area contributed by atoms with E-state index in [9.17, 15) is 9.59 Å². The van der Waals surface area contributed by atoms with Gasteiger partial charge in [-0.3, -0.25) is 14.2 Å². The van der Waals surface area contributed by atoms with Crippen LogP contribution in [-0.4, -0.2) is 35.2 Å². The smallest absolute Gasteiger partial charge is 0.297 e. The maximum atomic E-state index is 12.9. The van der Waals surface area contributed by atoms with Crippen molar-refractivity contribution >= 4 is 33.8 Å². The van der Waals surface area contributed by atoms with Crippen LogP contribution >= 0.6 is 0 Å². The molecule has 10 heteroatoms. The summed E-state index contributed by atoms with van der Waals surface area (Å²) in [6.45, 7) is 5.29. The van der Waals surface area contributed by atoms with E-state index in [2.05, 4.69) is 25.4 Å². The van der Waals surface area contributed by atoms with E-state index in [0.29, 0.717) is 28.6 Å². The minimum absolute atomic E-state index is 0.117. The normalized spacial score (nSPS) is 11.3. The predicted molar refractivity (Wildman–Crippen MR) is 118 cm³/mol. The lowest BCUT2D eigenvalue weighted by Crippen LogP contribution is -2.28. The molecule has 160 valence electrons. The van der Waals surface area contributed by atoms with E-state index in [0.717, 1.165) is 16.8 Å². The average Bonchev–Trinajstić information content (AvgIpc) is 3.30.